The van der Waals surface area contributed by atoms with Gasteiger partial charge in [0.1, 0.15) is 9.96 Å². The fraction of sp³-hybridized carbons (Fsp3) is 0.208. The van der Waals surface area contributed by atoms with Gasteiger partial charge in [0.25, 0.3) is 10.0 Å². The molecular weight excluding hydrogens is 503 g/mol. The van der Waals surface area contributed by atoms with Crippen LogP contribution in [0.4, 0.5) is 13.2 Å². The zero-order valence-corrected chi connectivity index (χ0v) is 20.0. The first kappa shape index (κ1) is 24.8. The van der Waals surface area contributed by atoms with Crippen molar-refractivity contribution in [1.29, 1.82) is 0 Å². The number of carboxylic acid groups (broad SMARTS) is 1. The molecule has 0 spiro atoms. The van der Waals surface area contributed by atoms with E-state index in [1.807, 2.05) is 6.92 Å². The molecule has 1 N–H and O–H groups in total. The second kappa shape index (κ2) is 9.38. The van der Waals surface area contributed by atoms with Crippen molar-refractivity contribution in [2.45, 2.75) is 30.2 Å². The number of benzene rings is 2. The van der Waals surface area contributed by atoms with E-state index >= 15 is 0 Å². The Morgan fingerprint density at radius 3 is 2.57 bits per heavy atom. The van der Waals surface area contributed by atoms with Crippen LogP contribution in [-0.4, -0.2) is 30.1 Å². The molecular formula is C24H20F3NO5S2. The van der Waals surface area contributed by atoms with Crippen LogP contribution in [-0.2, 0) is 27.4 Å². The summed E-state index contributed by atoms with van der Waals surface area (Å²) in [7, 11) is -4.11. The van der Waals surface area contributed by atoms with Crippen molar-refractivity contribution in [3.05, 3.63) is 71.9 Å². The van der Waals surface area contributed by atoms with Gasteiger partial charge in [0, 0.05) is 22.9 Å². The van der Waals surface area contributed by atoms with Gasteiger partial charge in [-0.1, -0.05) is 12.1 Å². The Bertz CT molecular complexity index is 1500. The van der Waals surface area contributed by atoms with Crippen LogP contribution in [0.25, 0.3) is 21.3 Å². The van der Waals surface area contributed by atoms with Crippen molar-refractivity contribution >= 4 is 38.2 Å². The van der Waals surface area contributed by atoms with Crippen molar-refractivity contribution in [1.82, 2.24) is 3.97 Å². The molecule has 0 saturated heterocycles. The van der Waals surface area contributed by atoms with Gasteiger partial charge in [-0.05, 0) is 66.9 Å². The number of thiophene rings is 1. The summed E-state index contributed by atoms with van der Waals surface area (Å²) >= 11 is 0.859. The molecule has 0 atom stereocenters. The third kappa shape index (κ3) is 5.06. The van der Waals surface area contributed by atoms with Gasteiger partial charge in [0.15, 0.2) is 0 Å². The lowest BCUT2D eigenvalue weighted by molar-refractivity contribution is -0.138. The number of carboxylic acids is 1. The SMILES string of the molecule is CCOc1ccc2c(c1)c(CCC(=O)O)cn2S(=O)(=O)c1ccc(-c2cccc(C(F)(F)F)c2)s1. The number of rotatable bonds is 8. The average Bonchev–Trinajstić information content (AvgIpc) is 3.44. The summed E-state index contributed by atoms with van der Waals surface area (Å²) in [5.41, 5.74) is 0.314. The van der Waals surface area contributed by atoms with Gasteiger partial charge in [-0.3, -0.25) is 4.79 Å². The maximum absolute atomic E-state index is 13.5. The molecule has 0 aliphatic heterocycles. The molecule has 0 bridgehead atoms. The lowest BCUT2D eigenvalue weighted by atomic mass is 10.1. The van der Waals surface area contributed by atoms with Gasteiger partial charge in [0.05, 0.1) is 17.7 Å². The molecule has 0 radical (unpaired) electrons. The summed E-state index contributed by atoms with van der Waals surface area (Å²) < 4.78 is 72.9. The van der Waals surface area contributed by atoms with Crippen LogP contribution in [0.2, 0.25) is 0 Å². The molecule has 0 aliphatic carbocycles. The molecule has 0 unspecified atom stereocenters. The molecule has 2 heterocycles. The highest BCUT2D eigenvalue weighted by atomic mass is 32.2. The van der Waals surface area contributed by atoms with Crippen LogP contribution in [0, 0.1) is 0 Å². The molecule has 11 heteroatoms. The number of aryl methyl sites for hydroxylation is 1. The largest absolute Gasteiger partial charge is 0.494 e. The minimum absolute atomic E-state index is 0.0551. The molecule has 2 aromatic carbocycles. The minimum Gasteiger partial charge on any atom is -0.494 e. The van der Waals surface area contributed by atoms with E-state index in [9.17, 15) is 26.4 Å². The van der Waals surface area contributed by atoms with E-state index in [0.717, 1.165) is 27.4 Å². The van der Waals surface area contributed by atoms with Gasteiger partial charge in [-0.2, -0.15) is 21.6 Å². The minimum atomic E-state index is -4.51. The summed E-state index contributed by atoms with van der Waals surface area (Å²) in [6, 6.07) is 12.4. The predicted octanol–water partition coefficient (Wildman–Crippen LogP) is 6.04. The van der Waals surface area contributed by atoms with Crippen LogP contribution >= 0.6 is 11.3 Å². The second-order valence-electron chi connectivity index (χ2n) is 7.66. The molecule has 0 saturated carbocycles. The molecule has 0 aliphatic rings. The van der Waals surface area contributed by atoms with E-state index < -0.39 is 27.7 Å². The highest BCUT2D eigenvalue weighted by Gasteiger charge is 2.31. The van der Waals surface area contributed by atoms with Gasteiger partial charge >= 0.3 is 12.1 Å². The van der Waals surface area contributed by atoms with Gasteiger partial charge in [-0.25, -0.2) is 3.97 Å². The molecule has 184 valence electrons. The Kier molecular flexibility index (Phi) is 6.65. The number of fused-ring (bicyclic) bond motifs is 1. The van der Waals surface area contributed by atoms with E-state index in [2.05, 4.69) is 0 Å². The summed E-state index contributed by atoms with van der Waals surface area (Å²) in [6.07, 6.45) is -3.19. The quantitative estimate of drug-likeness (QED) is 0.304. The lowest BCUT2D eigenvalue weighted by Gasteiger charge is -2.08. The van der Waals surface area contributed by atoms with Crippen molar-refractivity contribution in [2.24, 2.45) is 0 Å². The summed E-state index contributed by atoms with van der Waals surface area (Å²) in [6.45, 7) is 2.21. The number of nitrogens with zero attached hydrogens (tertiary/aromatic N) is 1. The van der Waals surface area contributed by atoms with Gasteiger partial charge < -0.3 is 9.84 Å². The number of alkyl halides is 3. The zero-order chi connectivity index (χ0) is 25.4. The molecule has 6 nitrogen and oxygen atoms in total. The van der Waals surface area contributed by atoms with E-state index in [4.69, 9.17) is 9.84 Å². The maximum atomic E-state index is 13.5. The average molecular weight is 524 g/mol. The monoisotopic (exact) mass is 523 g/mol. The van der Waals surface area contributed by atoms with Gasteiger partial charge in [0.2, 0.25) is 0 Å². The number of aromatic nitrogens is 1. The van der Waals surface area contributed by atoms with Crippen molar-refractivity contribution in [3.63, 3.8) is 0 Å². The third-order valence-corrected chi connectivity index (χ3v) is 8.59. The van der Waals surface area contributed by atoms with Crippen LogP contribution in [0.1, 0.15) is 24.5 Å². The standard InChI is InChI=1S/C24H20F3NO5S2/c1-2-33-18-7-8-20-19(13-18)16(6-10-22(29)30)14-28(20)35(31,32)23-11-9-21(34-23)15-4-3-5-17(12-15)24(25,26)27/h3-5,7-9,11-14H,2,6,10H2,1H3,(H,29,30). The Hall–Kier alpha value is -3.31. The number of carbonyl (C=O) groups is 1. The second-order valence-corrected chi connectivity index (χ2v) is 10.8. The summed E-state index contributed by atoms with van der Waals surface area (Å²) in [5.74, 6) is -0.492. The van der Waals surface area contributed by atoms with E-state index in [-0.39, 0.29) is 22.6 Å². The van der Waals surface area contributed by atoms with Crippen LogP contribution in [0.15, 0.2) is 65.0 Å². The first-order valence-electron chi connectivity index (χ1n) is 10.5. The predicted molar refractivity (Wildman–Crippen MR) is 126 cm³/mol. The first-order chi connectivity index (χ1) is 16.5. The van der Waals surface area contributed by atoms with Crippen molar-refractivity contribution in [3.8, 4) is 16.2 Å². The number of ether oxygens (including phenoxy) is 1. The van der Waals surface area contributed by atoms with Crippen LogP contribution in [0.3, 0.4) is 0 Å². The summed E-state index contributed by atoms with van der Waals surface area (Å²) in [5, 5.41) is 9.64. The number of aliphatic carboxylic acids is 1. The highest BCUT2D eigenvalue weighted by Crippen LogP contribution is 2.37. The topological polar surface area (TPSA) is 85.6 Å². The molecule has 0 fully saturated rings. The number of hydrogen-bond acceptors (Lipinski definition) is 5. The summed E-state index contributed by atoms with van der Waals surface area (Å²) in [4.78, 5) is 11.5. The highest BCUT2D eigenvalue weighted by molar-refractivity contribution is 7.92. The van der Waals surface area contributed by atoms with Crippen LogP contribution < -0.4 is 4.74 Å². The molecule has 4 rings (SSSR count). The van der Waals surface area contributed by atoms with Crippen LogP contribution in [0.5, 0.6) is 5.75 Å². The Morgan fingerprint density at radius 2 is 1.89 bits per heavy atom. The maximum Gasteiger partial charge on any atom is 0.416 e. The van der Waals surface area contributed by atoms with Crippen molar-refractivity contribution in [2.75, 3.05) is 6.61 Å². The number of halogens is 3. The fourth-order valence-electron chi connectivity index (χ4n) is 3.70. The van der Waals surface area contributed by atoms with E-state index in [1.165, 1.54) is 30.5 Å². The smallest absolute Gasteiger partial charge is 0.416 e. The van der Waals surface area contributed by atoms with Gasteiger partial charge in [-0.15, -0.1) is 11.3 Å². The molecule has 4 aromatic rings. The third-order valence-electron chi connectivity index (χ3n) is 5.31. The lowest BCUT2D eigenvalue weighted by Crippen LogP contribution is -2.10. The fourth-order valence-corrected chi connectivity index (χ4v) is 6.48. The van der Waals surface area contributed by atoms with E-state index in [0.29, 0.717) is 33.7 Å². The first-order valence-corrected chi connectivity index (χ1v) is 12.8. The Balaban J connectivity index is 1.78. The number of hydrogen-bond donors (Lipinski definition) is 1. The molecule has 0 amide bonds. The Labute approximate surface area is 203 Å². The molecule has 35 heavy (non-hydrogen) atoms. The normalized spacial score (nSPS) is 12.2. The van der Waals surface area contributed by atoms with Crippen molar-refractivity contribution < 1.29 is 36.2 Å². The Morgan fingerprint density at radius 1 is 1.11 bits per heavy atom. The van der Waals surface area contributed by atoms with E-state index in [1.54, 1.807) is 18.2 Å². The molecule has 2 aromatic heterocycles. The zero-order valence-electron chi connectivity index (χ0n) is 18.4.